The van der Waals surface area contributed by atoms with Crippen molar-refractivity contribution in [3.05, 3.63) is 58.1 Å². The van der Waals surface area contributed by atoms with Crippen molar-refractivity contribution in [1.82, 2.24) is 0 Å². The maximum absolute atomic E-state index is 6.34. The third-order valence-electron chi connectivity index (χ3n) is 3.54. The summed E-state index contributed by atoms with van der Waals surface area (Å²) in [5.74, 6) is 1.61. The van der Waals surface area contributed by atoms with Gasteiger partial charge in [-0.15, -0.1) is 0 Å². The molecule has 4 heteroatoms. The molecule has 0 aromatic heterocycles. The first-order valence-corrected chi connectivity index (χ1v) is 7.91. The van der Waals surface area contributed by atoms with E-state index in [1.54, 1.807) is 0 Å². The summed E-state index contributed by atoms with van der Waals surface area (Å²) in [6.45, 7) is 1.40. The van der Waals surface area contributed by atoms with Crippen LogP contribution in [0, 0.1) is 0 Å². The second kappa shape index (κ2) is 6.50. The van der Waals surface area contributed by atoms with Crippen LogP contribution in [-0.4, -0.2) is 13.2 Å². The molecule has 1 aliphatic heterocycles. The second-order valence-corrected chi connectivity index (χ2v) is 6.11. The lowest BCUT2D eigenvalue weighted by Crippen LogP contribution is -2.13. The van der Waals surface area contributed by atoms with Crippen LogP contribution in [0.4, 0.5) is 0 Å². The average Bonchev–Trinajstić information content (AvgIpc) is 2.71. The Labute approximate surface area is 133 Å². The Hall–Kier alpha value is -1.52. The minimum absolute atomic E-state index is 0.0588. The number of rotatable bonds is 3. The molecule has 2 aromatic carbocycles. The van der Waals surface area contributed by atoms with Gasteiger partial charge in [-0.05, 0) is 41.8 Å². The van der Waals surface area contributed by atoms with E-state index < -0.39 is 0 Å². The highest BCUT2D eigenvalue weighted by molar-refractivity contribution is 9.10. The highest BCUT2D eigenvalue weighted by Crippen LogP contribution is 2.32. The minimum atomic E-state index is -0.0588. The average molecular weight is 348 g/mol. The maximum Gasteiger partial charge on any atom is 0.161 e. The topological polar surface area (TPSA) is 44.5 Å². The number of nitrogens with two attached hydrogens (primary N) is 1. The number of ether oxygens (including phenoxy) is 2. The van der Waals surface area contributed by atoms with Crippen molar-refractivity contribution >= 4 is 15.9 Å². The third kappa shape index (κ3) is 3.57. The largest absolute Gasteiger partial charge is 0.490 e. The fourth-order valence-corrected chi connectivity index (χ4v) is 2.89. The molecule has 0 fully saturated rings. The summed E-state index contributed by atoms with van der Waals surface area (Å²) in [6.07, 6.45) is 1.70. The molecule has 3 nitrogen and oxygen atoms in total. The molecule has 0 bridgehead atoms. The van der Waals surface area contributed by atoms with E-state index in [0.29, 0.717) is 13.2 Å². The van der Waals surface area contributed by atoms with E-state index in [4.69, 9.17) is 15.2 Å². The molecule has 0 aliphatic carbocycles. The Morgan fingerprint density at radius 2 is 1.86 bits per heavy atom. The van der Waals surface area contributed by atoms with Gasteiger partial charge in [0.05, 0.1) is 13.2 Å². The lowest BCUT2D eigenvalue weighted by atomic mass is 9.99. The number of halogens is 1. The van der Waals surface area contributed by atoms with Gasteiger partial charge >= 0.3 is 0 Å². The zero-order chi connectivity index (χ0) is 14.7. The van der Waals surface area contributed by atoms with Gasteiger partial charge in [-0.2, -0.15) is 0 Å². The van der Waals surface area contributed by atoms with Gasteiger partial charge in [-0.3, -0.25) is 0 Å². The fourth-order valence-electron chi connectivity index (χ4n) is 2.45. The van der Waals surface area contributed by atoms with Crippen LogP contribution in [-0.2, 0) is 6.42 Å². The molecule has 0 saturated carbocycles. The van der Waals surface area contributed by atoms with Gasteiger partial charge in [-0.1, -0.05) is 34.1 Å². The highest BCUT2D eigenvalue weighted by atomic mass is 79.9. The Kier molecular flexibility index (Phi) is 4.46. The molecule has 1 aliphatic rings. The van der Waals surface area contributed by atoms with E-state index in [1.807, 2.05) is 30.3 Å². The molecule has 0 radical (unpaired) electrons. The first-order valence-electron chi connectivity index (χ1n) is 7.12. The van der Waals surface area contributed by atoms with Crippen molar-refractivity contribution in [3.8, 4) is 11.5 Å². The normalized spacial score (nSPS) is 15.3. The van der Waals surface area contributed by atoms with Crippen molar-refractivity contribution in [1.29, 1.82) is 0 Å². The Balaban J connectivity index is 1.78. The fraction of sp³-hybridized carbons (Fsp3) is 0.294. The molecule has 3 rings (SSSR count). The smallest absolute Gasteiger partial charge is 0.161 e. The minimum Gasteiger partial charge on any atom is -0.490 e. The van der Waals surface area contributed by atoms with Crippen LogP contribution in [0.15, 0.2) is 46.9 Å². The second-order valence-electron chi connectivity index (χ2n) is 5.20. The van der Waals surface area contributed by atoms with E-state index in [1.165, 1.54) is 5.56 Å². The highest BCUT2D eigenvalue weighted by Gasteiger charge is 2.14. The van der Waals surface area contributed by atoms with Crippen LogP contribution < -0.4 is 15.2 Å². The van der Waals surface area contributed by atoms with Gasteiger partial charge in [0.25, 0.3) is 0 Å². The molecule has 1 atom stereocenters. The Morgan fingerprint density at radius 1 is 1.05 bits per heavy atom. The van der Waals surface area contributed by atoms with Gasteiger partial charge in [0.1, 0.15) is 0 Å². The van der Waals surface area contributed by atoms with E-state index in [2.05, 4.69) is 28.1 Å². The van der Waals surface area contributed by atoms with Crippen LogP contribution in [0.25, 0.3) is 0 Å². The molecule has 0 amide bonds. The van der Waals surface area contributed by atoms with E-state index >= 15 is 0 Å². The van der Waals surface area contributed by atoms with Gasteiger partial charge in [0.15, 0.2) is 11.5 Å². The molecule has 0 spiro atoms. The van der Waals surface area contributed by atoms with Crippen LogP contribution in [0.3, 0.4) is 0 Å². The number of benzene rings is 2. The molecule has 2 N–H and O–H groups in total. The Bertz CT molecular complexity index is 630. The monoisotopic (exact) mass is 347 g/mol. The summed E-state index contributed by atoms with van der Waals surface area (Å²) in [5.41, 5.74) is 8.62. The standard InChI is InChI=1S/C17H18BrNO2/c18-14-4-1-3-12(9-14)10-15(19)13-5-6-16-17(11-13)21-8-2-7-20-16/h1,3-6,9,11,15H,2,7-8,10,19H2. The Morgan fingerprint density at radius 3 is 2.67 bits per heavy atom. The van der Waals surface area contributed by atoms with E-state index in [0.717, 1.165) is 34.4 Å². The predicted molar refractivity (Wildman–Crippen MR) is 86.8 cm³/mol. The predicted octanol–water partition coefficient (Wildman–Crippen LogP) is 3.85. The van der Waals surface area contributed by atoms with Gasteiger partial charge in [-0.25, -0.2) is 0 Å². The van der Waals surface area contributed by atoms with Crippen molar-refractivity contribution in [2.75, 3.05) is 13.2 Å². The maximum atomic E-state index is 6.34. The quantitative estimate of drug-likeness (QED) is 0.916. The zero-order valence-corrected chi connectivity index (χ0v) is 13.3. The molecule has 110 valence electrons. The van der Waals surface area contributed by atoms with Gasteiger partial charge in [0.2, 0.25) is 0 Å². The SMILES string of the molecule is NC(Cc1cccc(Br)c1)c1ccc2c(c1)OCCCO2. The lowest BCUT2D eigenvalue weighted by molar-refractivity contribution is 0.297. The van der Waals surface area contributed by atoms with Crippen molar-refractivity contribution < 1.29 is 9.47 Å². The van der Waals surface area contributed by atoms with Crippen molar-refractivity contribution in [2.45, 2.75) is 18.9 Å². The van der Waals surface area contributed by atoms with Crippen molar-refractivity contribution in [2.24, 2.45) is 5.73 Å². The first kappa shape index (κ1) is 14.4. The zero-order valence-electron chi connectivity index (χ0n) is 11.7. The summed E-state index contributed by atoms with van der Waals surface area (Å²) >= 11 is 3.49. The first-order chi connectivity index (χ1) is 10.2. The number of hydrogen-bond donors (Lipinski definition) is 1. The van der Waals surface area contributed by atoms with Crippen LogP contribution in [0.2, 0.25) is 0 Å². The third-order valence-corrected chi connectivity index (χ3v) is 4.04. The summed E-state index contributed by atoms with van der Waals surface area (Å²) in [5, 5.41) is 0. The molecular formula is C17H18BrNO2. The lowest BCUT2D eigenvalue weighted by Gasteiger charge is -2.15. The van der Waals surface area contributed by atoms with Crippen LogP contribution in [0.1, 0.15) is 23.6 Å². The molecule has 1 heterocycles. The summed E-state index contributed by atoms with van der Waals surface area (Å²) in [7, 11) is 0. The van der Waals surface area contributed by atoms with Crippen molar-refractivity contribution in [3.63, 3.8) is 0 Å². The summed E-state index contributed by atoms with van der Waals surface area (Å²) < 4.78 is 12.4. The number of fused-ring (bicyclic) bond motifs is 1. The van der Waals surface area contributed by atoms with Crippen LogP contribution >= 0.6 is 15.9 Å². The van der Waals surface area contributed by atoms with Gasteiger partial charge in [0, 0.05) is 16.9 Å². The van der Waals surface area contributed by atoms with Gasteiger partial charge < -0.3 is 15.2 Å². The molecule has 1 unspecified atom stereocenters. The molecule has 0 saturated heterocycles. The van der Waals surface area contributed by atoms with E-state index in [9.17, 15) is 0 Å². The molecule has 21 heavy (non-hydrogen) atoms. The van der Waals surface area contributed by atoms with E-state index in [-0.39, 0.29) is 6.04 Å². The summed E-state index contributed by atoms with van der Waals surface area (Å²) in [6, 6.07) is 14.2. The summed E-state index contributed by atoms with van der Waals surface area (Å²) in [4.78, 5) is 0. The number of hydrogen-bond acceptors (Lipinski definition) is 3. The van der Waals surface area contributed by atoms with Crippen LogP contribution in [0.5, 0.6) is 11.5 Å². The molecule has 2 aromatic rings. The molecular weight excluding hydrogens is 330 g/mol.